The summed E-state index contributed by atoms with van der Waals surface area (Å²) < 4.78 is 11.4. The number of hydrogen-bond acceptors (Lipinski definition) is 4. The topological polar surface area (TPSA) is 55.6 Å². The largest absolute Gasteiger partial charge is 0.492 e. The van der Waals surface area contributed by atoms with E-state index in [1.807, 2.05) is 43.3 Å². The van der Waals surface area contributed by atoms with Crippen LogP contribution < -0.4 is 4.74 Å². The van der Waals surface area contributed by atoms with E-state index in [1.165, 1.54) is 5.56 Å². The molecular formula is C22H23ClN2O3. The molecule has 1 amide bonds. The lowest BCUT2D eigenvalue weighted by Crippen LogP contribution is -2.31. The standard InChI is InChI=1S/C22H23ClN2O3/c1-16-3-9-19(10-4-16)27-14-13-25(2)22(26)12-11-21-24-15-20(28-21)17-5-7-18(23)8-6-17/h3-10,15H,11-14H2,1-2H3. The Morgan fingerprint density at radius 3 is 2.57 bits per heavy atom. The Balaban J connectivity index is 1.43. The number of aryl methyl sites for hydroxylation is 2. The molecule has 0 fully saturated rings. The third kappa shape index (κ3) is 5.60. The Bertz CT molecular complexity index is 904. The van der Waals surface area contributed by atoms with Crippen LogP contribution in [0.5, 0.6) is 5.75 Å². The summed E-state index contributed by atoms with van der Waals surface area (Å²) in [4.78, 5) is 18.2. The minimum atomic E-state index is 0.0266. The highest BCUT2D eigenvalue weighted by Gasteiger charge is 2.12. The first-order valence-corrected chi connectivity index (χ1v) is 9.53. The van der Waals surface area contributed by atoms with Gasteiger partial charge in [0.15, 0.2) is 11.7 Å². The maximum atomic E-state index is 12.3. The first-order valence-electron chi connectivity index (χ1n) is 9.15. The molecule has 0 bridgehead atoms. The highest BCUT2D eigenvalue weighted by molar-refractivity contribution is 6.30. The summed E-state index contributed by atoms with van der Waals surface area (Å²) in [5.74, 6) is 2.04. The zero-order chi connectivity index (χ0) is 19.9. The van der Waals surface area contributed by atoms with Crippen molar-refractivity contribution >= 4 is 17.5 Å². The minimum Gasteiger partial charge on any atom is -0.492 e. The number of aromatic nitrogens is 1. The average Bonchev–Trinajstić information content (AvgIpc) is 3.17. The third-order valence-corrected chi connectivity index (χ3v) is 4.63. The van der Waals surface area contributed by atoms with Crippen molar-refractivity contribution < 1.29 is 13.9 Å². The number of oxazole rings is 1. The number of carbonyl (C=O) groups is 1. The maximum absolute atomic E-state index is 12.3. The molecule has 0 spiro atoms. The van der Waals surface area contributed by atoms with Crippen molar-refractivity contribution in [3.8, 4) is 17.1 Å². The lowest BCUT2D eigenvalue weighted by atomic mass is 10.2. The van der Waals surface area contributed by atoms with E-state index in [2.05, 4.69) is 4.98 Å². The molecule has 0 unspecified atom stereocenters. The SMILES string of the molecule is Cc1ccc(OCCN(C)C(=O)CCc2ncc(-c3ccc(Cl)cc3)o2)cc1. The Kier molecular flexibility index (Phi) is 6.71. The second-order valence-electron chi connectivity index (χ2n) is 6.60. The maximum Gasteiger partial charge on any atom is 0.222 e. The number of nitrogens with zero attached hydrogens (tertiary/aromatic N) is 2. The Morgan fingerprint density at radius 1 is 1.14 bits per heavy atom. The zero-order valence-corrected chi connectivity index (χ0v) is 16.8. The van der Waals surface area contributed by atoms with Gasteiger partial charge < -0.3 is 14.1 Å². The zero-order valence-electron chi connectivity index (χ0n) is 16.0. The van der Waals surface area contributed by atoms with Crippen LogP contribution >= 0.6 is 11.6 Å². The van der Waals surface area contributed by atoms with E-state index in [-0.39, 0.29) is 5.91 Å². The van der Waals surface area contributed by atoms with Crippen molar-refractivity contribution in [1.29, 1.82) is 0 Å². The van der Waals surface area contributed by atoms with E-state index in [9.17, 15) is 4.79 Å². The molecule has 2 aromatic carbocycles. The molecule has 28 heavy (non-hydrogen) atoms. The first kappa shape index (κ1) is 20.0. The Morgan fingerprint density at radius 2 is 1.86 bits per heavy atom. The molecule has 0 N–H and O–H groups in total. The lowest BCUT2D eigenvalue weighted by Gasteiger charge is -2.17. The molecule has 3 rings (SSSR count). The summed E-state index contributed by atoms with van der Waals surface area (Å²) in [6.07, 6.45) is 2.46. The molecule has 0 saturated carbocycles. The van der Waals surface area contributed by atoms with Gasteiger partial charge in [0.05, 0.1) is 12.7 Å². The van der Waals surface area contributed by atoms with Crippen molar-refractivity contribution in [1.82, 2.24) is 9.88 Å². The first-order chi connectivity index (χ1) is 13.5. The number of hydrogen-bond donors (Lipinski definition) is 0. The quantitative estimate of drug-likeness (QED) is 0.548. The van der Waals surface area contributed by atoms with Crippen molar-refractivity contribution in [2.24, 2.45) is 0 Å². The van der Waals surface area contributed by atoms with Gasteiger partial charge in [-0.05, 0) is 43.3 Å². The van der Waals surface area contributed by atoms with Gasteiger partial charge in [-0.15, -0.1) is 0 Å². The lowest BCUT2D eigenvalue weighted by molar-refractivity contribution is -0.130. The van der Waals surface area contributed by atoms with E-state index in [0.29, 0.717) is 42.7 Å². The van der Waals surface area contributed by atoms with Gasteiger partial charge in [0.2, 0.25) is 5.91 Å². The van der Waals surface area contributed by atoms with Crippen LogP contribution in [0.25, 0.3) is 11.3 Å². The second-order valence-corrected chi connectivity index (χ2v) is 7.04. The number of rotatable bonds is 8. The fraction of sp³-hybridized carbons (Fsp3) is 0.273. The number of benzene rings is 2. The van der Waals surface area contributed by atoms with Crippen molar-refractivity contribution in [3.63, 3.8) is 0 Å². The fourth-order valence-corrected chi connectivity index (χ4v) is 2.76. The van der Waals surface area contributed by atoms with Crippen molar-refractivity contribution in [2.45, 2.75) is 19.8 Å². The molecule has 6 heteroatoms. The van der Waals surface area contributed by atoms with E-state index in [1.54, 1.807) is 30.3 Å². The molecule has 146 valence electrons. The summed E-state index contributed by atoms with van der Waals surface area (Å²) >= 11 is 5.90. The molecule has 5 nitrogen and oxygen atoms in total. The van der Waals surface area contributed by atoms with Crippen molar-refractivity contribution in [2.75, 3.05) is 20.2 Å². The van der Waals surface area contributed by atoms with Gasteiger partial charge in [-0.1, -0.05) is 29.3 Å². The van der Waals surface area contributed by atoms with Crippen LogP contribution in [-0.4, -0.2) is 36.0 Å². The molecule has 0 radical (unpaired) electrons. The normalized spacial score (nSPS) is 10.7. The molecule has 1 heterocycles. The van der Waals surface area contributed by atoms with E-state index in [0.717, 1.165) is 11.3 Å². The molecule has 1 aromatic heterocycles. The Labute approximate surface area is 169 Å². The summed E-state index contributed by atoms with van der Waals surface area (Å²) in [5, 5.41) is 0.670. The van der Waals surface area contributed by atoms with Gasteiger partial charge in [0.25, 0.3) is 0 Å². The number of halogens is 1. The second kappa shape index (κ2) is 9.42. The number of likely N-dealkylation sites (N-methyl/N-ethyl adjacent to an activating group) is 1. The molecule has 0 saturated heterocycles. The van der Waals surface area contributed by atoms with Crippen LogP contribution in [0, 0.1) is 6.92 Å². The van der Waals surface area contributed by atoms with Crippen LogP contribution in [-0.2, 0) is 11.2 Å². The predicted molar refractivity (Wildman–Crippen MR) is 110 cm³/mol. The molecule has 0 atom stereocenters. The third-order valence-electron chi connectivity index (χ3n) is 4.38. The highest BCUT2D eigenvalue weighted by Crippen LogP contribution is 2.22. The van der Waals surface area contributed by atoms with Gasteiger partial charge >= 0.3 is 0 Å². The summed E-state index contributed by atoms with van der Waals surface area (Å²) in [5.41, 5.74) is 2.09. The monoisotopic (exact) mass is 398 g/mol. The predicted octanol–water partition coefficient (Wildman–Crippen LogP) is 4.77. The van der Waals surface area contributed by atoms with Gasteiger partial charge in [-0.25, -0.2) is 4.98 Å². The number of ether oxygens (including phenoxy) is 1. The number of amides is 1. The number of carbonyl (C=O) groups excluding carboxylic acids is 1. The fourth-order valence-electron chi connectivity index (χ4n) is 2.64. The van der Waals surface area contributed by atoms with Crippen LogP contribution in [0.3, 0.4) is 0 Å². The summed E-state index contributed by atoms with van der Waals surface area (Å²) in [6, 6.07) is 15.2. The van der Waals surface area contributed by atoms with Crippen molar-refractivity contribution in [3.05, 3.63) is 71.2 Å². The van der Waals surface area contributed by atoms with Gasteiger partial charge in [0, 0.05) is 30.5 Å². The van der Waals surface area contributed by atoms with E-state index in [4.69, 9.17) is 20.8 Å². The average molecular weight is 399 g/mol. The van der Waals surface area contributed by atoms with Gasteiger partial charge in [-0.2, -0.15) is 0 Å². The van der Waals surface area contributed by atoms with Crippen LogP contribution in [0.2, 0.25) is 5.02 Å². The smallest absolute Gasteiger partial charge is 0.222 e. The summed E-state index contributed by atoms with van der Waals surface area (Å²) in [6.45, 7) is 3.00. The molecule has 0 aliphatic rings. The van der Waals surface area contributed by atoms with Gasteiger partial charge in [-0.3, -0.25) is 4.79 Å². The van der Waals surface area contributed by atoms with E-state index >= 15 is 0 Å². The Hall–Kier alpha value is -2.79. The molecule has 3 aromatic rings. The van der Waals surface area contributed by atoms with E-state index < -0.39 is 0 Å². The molecule has 0 aliphatic heterocycles. The van der Waals surface area contributed by atoms with Gasteiger partial charge in [0.1, 0.15) is 12.4 Å². The molecule has 0 aliphatic carbocycles. The summed E-state index contributed by atoms with van der Waals surface area (Å²) in [7, 11) is 1.77. The minimum absolute atomic E-state index is 0.0266. The molecular weight excluding hydrogens is 376 g/mol. The van der Waals surface area contributed by atoms with Crippen LogP contribution in [0.4, 0.5) is 0 Å². The van der Waals surface area contributed by atoms with Crippen LogP contribution in [0.15, 0.2) is 59.1 Å². The highest BCUT2D eigenvalue weighted by atomic mass is 35.5. The van der Waals surface area contributed by atoms with Crippen LogP contribution in [0.1, 0.15) is 17.9 Å².